The number of benzene rings is 2. The SMILES string of the molecule is COc1cc(/C=N/c2[nH]nc(Nc3cccc(CI)c3)c2C(N)=O)ccc1O. The fourth-order valence-electron chi connectivity index (χ4n) is 2.53. The molecule has 0 aliphatic rings. The number of hydrogen-bond donors (Lipinski definition) is 4. The van der Waals surface area contributed by atoms with E-state index in [1.165, 1.54) is 19.4 Å². The lowest BCUT2D eigenvalue weighted by molar-refractivity contribution is 0.100. The first-order valence-electron chi connectivity index (χ1n) is 8.23. The largest absolute Gasteiger partial charge is 0.504 e. The number of H-pyrrole nitrogens is 1. The summed E-state index contributed by atoms with van der Waals surface area (Å²) < 4.78 is 5.94. The number of hydrogen-bond acceptors (Lipinski definition) is 6. The lowest BCUT2D eigenvalue weighted by Gasteiger charge is -2.06. The summed E-state index contributed by atoms with van der Waals surface area (Å²) in [5.41, 5.74) is 8.30. The summed E-state index contributed by atoms with van der Waals surface area (Å²) in [4.78, 5) is 16.2. The van der Waals surface area contributed by atoms with E-state index in [0.717, 1.165) is 15.7 Å². The van der Waals surface area contributed by atoms with Gasteiger partial charge in [0.05, 0.1) is 7.11 Å². The van der Waals surface area contributed by atoms with E-state index in [0.29, 0.717) is 17.1 Å². The normalized spacial score (nSPS) is 10.9. The third-order valence-corrected chi connectivity index (χ3v) is 4.76. The molecule has 1 amide bonds. The zero-order valence-corrected chi connectivity index (χ0v) is 17.1. The Morgan fingerprint density at radius 2 is 2.21 bits per heavy atom. The van der Waals surface area contributed by atoms with Crippen molar-refractivity contribution in [2.75, 3.05) is 12.4 Å². The number of nitrogens with two attached hydrogens (primary N) is 1. The first kappa shape index (κ1) is 19.7. The topological polar surface area (TPSA) is 126 Å². The van der Waals surface area contributed by atoms with Crippen molar-refractivity contribution >= 4 is 52.0 Å². The lowest BCUT2D eigenvalue weighted by Crippen LogP contribution is -2.12. The summed E-state index contributed by atoms with van der Waals surface area (Å²) in [6.45, 7) is 0. The maximum atomic E-state index is 12.0. The second-order valence-corrected chi connectivity index (χ2v) is 6.57. The Hall–Kier alpha value is -3.08. The van der Waals surface area contributed by atoms with Crippen LogP contribution in [-0.4, -0.2) is 34.5 Å². The molecular formula is C19H18IN5O3. The predicted molar refractivity (Wildman–Crippen MR) is 116 cm³/mol. The van der Waals surface area contributed by atoms with Gasteiger partial charge < -0.3 is 20.9 Å². The van der Waals surface area contributed by atoms with Crippen molar-refractivity contribution in [1.82, 2.24) is 10.2 Å². The van der Waals surface area contributed by atoms with Crippen molar-refractivity contribution in [3.8, 4) is 11.5 Å². The molecule has 0 aliphatic heterocycles. The van der Waals surface area contributed by atoms with Crippen LogP contribution in [-0.2, 0) is 4.43 Å². The molecule has 0 bridgehead atoms. The molecule has 0 unspecified atom stereocenters. The van der Waals surface area contributed by atoms with Crippen LogP contribution in [0.5, 0.6) is 11.5 Å². The molecule has 3 aromatic rings. The van der Waals surface area contributed by atoms with Gasteiger partial charge in [-0.2, -0.15) is 5.10 Å². The van der Waals surface area contributed by atoms with Gasteiger partial charge in [0.1, 0.15) is 5.56 Å². The molecule has 9 heteroatoms. The van der Waals surface area contributed by atoms with Crippen molar-refractivity contribution in [3.63, 3.8) is 0 Å². The molecule has 3 rings (SSSR count). The summed E-state index contributed by atoms with van der Waals surface area (Å²) in [7, 11) is 1.46. The van der Waals surface area contributed by atoms with E-state index >= 15 is 0 Å². The number of rotatable bonds is 7. The molecule has 0 saturated heterocycles. The molecule has 8 nitrogen and oxygen atoms in total. The van der Waals surface area contributed by atoms with Crippen LogP contribution < -0.4 is 15.8 Å². The second-order valence-electron chi connectivity index (χ2n) is 5.81. The van der Waals surface area contributed by atoms with E-state index in [1.807, 2.05) is 24.3 Å². The van der Waals surface area contributed by atoms with Crippen LogP contribution in [0.1, 0.15) is 21.5 Å². The number of ether oxygens (including phenoxy) is 1. The van der Waals surface area contributed by atoms with Gasteiger partial charge in [-0.25, -0.2) is 4.99 Å². The molecule has 28 heavy (non-hydrogen) atoms. The number of carbonyl (C=O) groups is 1. The van der Waals surface area contributed by atoms with Crippen LogP contribution in [0.25, 0.3) is 0 Å². The number of phenolic OH excluding ortho intramolecular Hbond substituents is 1. The third kappa shape index (κ3) is 4.42. The van der Waals surface area contributed by atoms with Crippen LogP contribution in [0.15, 0.2) is 47.5 Å². The second kappa shape index (κ2) is 8.74. The molecule has 0 fully saturated rings. The van der Waals surface area contributed by atoms with E-state index in [-0.39, 0.29) is 17.1 Å². The smallest absolute Gasteiger partial charge is 0.256 e. The van der Waals surface area contributed by atoms with Crippen LogP contribution in [0.3, 0.4) is 0 Å². The number of amides is 1. The average Bonchev–Trinajstić information content (AvgIpc) is 3.10. The summed E-state index contributed by atoms with van der Waals surface area (Å²) in [6.07, 6.45) is 1.52. The number of halogens is 1. The zero-order chi connectivity index (χ0) is 20.1. The fourth-order valence-corrected chi connectivity index (χ4v) is 3.01. The molecule has 0 saturated carbocycles. The van der Waals surface area contributed by atoms with Crippen LogP contribution in [0, 0.1) is 0 Å². The molecule has 0 spiro atoms. The van der Waals surface area contributed by atoms with Gasteiger partial charge in [0.25, 0.3) is 5.91 Å². The van der Waals surface area contributed by atoms with Crippen molar-refractivity contribution < 1.29 is 14.6 Å². The number of anilines is 2. The van der Waals surface area contributed by atoms with Gasteiger partial charge in [0.15, 0.2) is 23.1 Å². The van der Waals surface area contributed by atoms with Gasteiger partial charge in [-0.05, 0) is 41.5 Å². The monoisotopic (exact) mass is 491 g/mol. The van der Waals surface area contributed by atoms with Crippen molar-refractivity contribution in [2.24, 2.45) is 10.7 Å². The van der Waals surface area contributed by atoms with E-state index in [1.54, 1.807) is 12.1 Å². The highest BCUT2D eigenvalue weighted by molar-refractivity contribution is 14.1. The molecule has 5 N–H and O–H groups in total. The van der Waals surface area contributed by atoms with Crippen LogP contribution in [0.2, 0.25) is 0 Å². The van der Waals surface area contributed by atoms with Gasteiger partial charge in [-0.15, -0.1) is 0 Å². The molecule has 1 aromatic heterocycles. The highest BCUT2D eigenvalue weighted by Crippen LogP contribution is 2.28. The van der Waals surface area contributed by atoms with E-state index < -0.39 is 5.91 Å². The first-order chi connectivity index (χ1) is 13.5. The summed E-state index contributed by atoms with van der Waals surface area (Å²) >= 11 is 2.28. The minimum absolute atomic E-state index is 0.0271. The number of carbonyl (C=O) groups excluding carboxylic acids is 1. The minimum Gasteiger partial charge on any atom is -0.504 e. The number of aliphatic imine (C=N–C) groups is 1. The maximum Gasteiger partial charge on any atom is 0.256 e. The van der Waals surface area contributed by atoms with Gasteiger partial charge >= 0.3 is 0 Å². The summed E-state index contributed by atoms with van der Waals surface area (Å²) in [6, 6.07) is 12.6. The number of methoxy groups -OCH3 is 1. The van der Waals surface area contributed by atoms with Crippen molar-refractivity contribution in [2.45, 2.75) is 4.43 Å². The predicted octanol–water partition coefficient (Wildman–Crippen LogP) is 3.65. The van der Waals surface area contributed by atoms with E-state index in [2.05, 4.69) is 43.1 Å². The summed E-state index contributed by atoms with van der Waals surface area (Å²) in [5.74, 6) is 0.220. The number of aromatic amines is 1. The van der Waals surface area contributed by atoms with Gasteiger partial charge in [-0.1, -0.05) is 34.7 Å². The Kier molecular flexibility index (Phi) is 6.14. The van der Waals surface area contributed by atoms with Gasteiger partial charge in [0.2, 0.25) is 0 Å². The van der Waals surface area contributed by atoms with Crippen molar-refractivity contribution in [1.29, 1.82) is 0 Å². The Labute approximate surface area is 175 Å². The first-order valence-corrected chi connectivity index (χ1v) is 9.75. The Morgan fingerprint density at radius 1 is 1.39 bits per heavy atom. The van der Waals surface area contributed by atoms with Gasteiger partial charge in [0, 0.05) is 16.3 Å². The zero-order valence-electron chi connectivity index (χ0n) is 14.9. The summed E-state index contributed by atoms with van der Waals surface area (Å²) in [5, 5.41) is 19.6. The highest BCUT2D eigenvalue weighted by Gasteiger charge is 2.18. The van der Waals surface area contributed by atoms with E-state index in [4.69, 9.17) is 10.5 Å². The number of nitrogens with one attached hydrogen (secondary N) is 2. The molecule has 0 aliphatic carbocycles. The Balaban J connectivity index is 1.89. The third-order valence-electron chi connectivity index (χ3n) is 3.88. The number of nitrogens with zero attached hydrogens (tertiary/aromatic N) is 2. The van der Waals surface area contributed by atoms with Crippen molar-refractivity contribution in [3.05, 3.63) is 59.2 Å². The van der Waals surface area contributed by atoms with E-state index in [9.17, 15) is 9.90 Å². The lowest BCUT2D eigenvalue weighted by atomic mass is 10.2. The number of aromatic nitrogens is 2. The number of primary amides is 1. The number of aromatic hydroxyl groups is 1. The molecule has 0 atom stereocenters. The molecule has 0 radical (unpaired) electrons. The number of phenols is 1. The standard InChI is InChI=1S/C19H18IN5O3/c1-28-15-8-12(5-6-14(15)26)10-22-18-16(17(21)27)19(25-24-18)23-13-4-2-3-11(7-13)9-20/h2-8,10,26H,9H2,1H3,(H2,21,27)(H2,23,24,25)/b22-10+. The maximum absolute atomic E-state index is 12.0. The Morgan fingerprint density at radius 3 is 2.93 bits per heavy atom. The molecule has 1 heterocycles. The number of alkyl halides is 1. The van der Waals surface area contributed by atoms with Gasteiger partial charge in [-0.3, -0.25) is 9.89 Å². The molecular weight excluding hydrogens is 473 g/mol. The quantitative estimate of drug-likeness (QED) is 0.228. The average molecular weight is 491 g/mol. The molecule has 2 aromatic carbocycles. The molecule has 144 valence electrons. The highest BCUT2D eigenvalue weighted by atomic mass is 127. The van der Waals surface area contributed by atoms with Crippen LogP contribution >= 0.6 is 22.6 Å². The minimum atomic E-state index is -0.656. The fraction of sp³-hybridized carbons (Fsp3) is 0.105. The van der Waals surface area contributed by atoms with Crippen LogP contribution in [0.4, 0.5) is 17.3 Å². The Bertz CT molecular complexity index is 1030.